The molecule has 10 nitrogen and oxygen atoms in total. The van der Waals surface area contributed by atoms with Crippen molar-refractivity contribution in [2.45, 2.75) is 39.8 Å². The first-order valence-electron chi connectivity index (χ1n) is 12.4. The summed E-state index contributed by atoms with van der Waals surface area (Å²) in [7, 11) is 0. The number of anilines is 1. The van der Waals surface area contributed by atoms with E-state index >= 15 is 0 Å². The Kier molecular flexibility index (Phi) is 7.16. The van der Waals surface area contributed by atoms with Gasteiger partial charge in [-0.1, -0.05) is 5.92 Å². The number of ether oxygens (including phenoxy) is 1. The molecule has 0 fully saturated rings. The molecule has 4 aromatic heterocycles. The second kappa shape index (κ2) is 10.9. The third-order valence-corrected chi connectivity index (χ3v) is 5.52. The lowest BCUT2D eigenvalue weighted by atomic mass is 10.1. The Morgan fingerprint density at radius 3 is 2.62 bits per heavy atom. The maximum atomic E-state index is 13.1. The number of carbonyl (C=O) groups is 1. The number of nitrogens with one attached hydrogen (secondary N) is 1. The number of hydrogen-bond acceptors (Lipinski definition) is 9. The first-order chi connectivity index (χ1) is 19.1. The van der Waals surface area contributed by atoms with Gasteiger partial charge in [0.25, 0.3) is 0 Å². The Morgan fingerprint density at radius 2 is 1.85 bits per heavy atom. The molecule has 0 radical (unpaired) electrons. The molecule has 0 aliphatic carbocycles. The van der Waals surface area contributed by atoms with Gasteiger partial charge in [-0.25, -0.2) is 29.1 Å². The summed E-state index contributed by atoms with van der Waals surface area (Å²) in [5.74, 6) is 6.54. The number of carbonyl (C=O) groups excluding carboxylic acids is 1. The highest BCUT2D eigenvalue weighted by molar-refractivity contribution is 5.90. The van der Waals surface area contributed by atoms with Crippen LogP contribution < -0.4 is 5.32 Å². The predicted octanol–water partition coefficient (Wildman–Crippen LogP) is 4.92. The van der Waals surface area contributed by atoms with Crippen molar-refractivity contribution in [3.63, 3.8) is 0 Å². The smallest absolute Gasteiger partial charge is 0.435 e. The van der Waals surface area contributed by atoms with Crippen LogP contribution in [0, 0.1) is 24.6 Å². The van der Waals surface area contributed by atoms with Crippen molar-refractivity contribution in [2.24, 2.45) is 0 Å². The first kappa shape index (κ1) is 26.4. The predicted molar refractivity (Wildman–Crippen MR) is 147 cm³/mol. The van der Waals surface area contributed by atoms with Gasteiger partial charge in [-0.05, 0) is 76.1 Å². The van der Waals surface area contributed by atoms with Crippen molar-refractivity contribution < 1.29 is 13.9 Å². The van der Waals surface area contributed by atoms with Crippen LogP contribution in [0.25, 0.3) is 22.4 Å². The van der Waals surface area contributed by atoms with E-state index in [9.17, 15) is 9.18 Å². The molecule has 0 saturated heterocycles. The van der Waals surface area contributed by atoms with Crippen LogP contribution >= 0.6 is 0 Å². The summed E-state index contributed by atoms with van der Waals surface area (Å²) in [5, 5.41) is 8.22. The van der Waals surface area contributed by atoms with Crippen LogP contribution in [-0.2, 0) is 11.3 Å². The molecule has 4 heterocycles. The van der Waals surface area contributed by atoms with E-state index in [-0.39, 0.29) is 0 Å². The normalized spacial score (nSPS) is 11.1. The van der Waals surface area contributed by atoms with Gasteiger partial charge >= 0.3 is 6.09 Å². The largest absolute Gasteiger partial charge is 0.442 e. The molecule has 40 heavy (non-hydrogen) atoms. The van der Waals surface area contributed by atoms with Gasteiger partial charge < -0.3 is 10.1 Å². The zero-order valence-corrected chi connectivity index (χ0v) is 22.3. The summed E-state index contributed by atoms with van der Waals surface area (Å²) in [6.45, 7) is 7.59. The quantitative estimate of drug-likeness (QED) is 0.319. The number of hydrogen-bond donors (Lipinski definition) is 1. The second-order valence-corrected chi connectivity index (χ2v) is 9.81. The highest BCUT2D eigenvalue weighted by atomic mass is 19.1. The summed E-state index contributed by atoms with van der Waals surface area (Å²) in [6, 6.07) is 11.8. The van der Waals surface area contributed by atoms with Crippen LogP contribution in [0.4, 0.5) is 15.1 Å². The van der Waals surface area contributed by atoms with Crippen molar-refractivity contribution >= 4 is 22.9 Å². The number of pyridine rings is 1. The molecule has 0 amide bonds. The molecule has 5 rings (SSSR count). The zero-order chi connectivity index (χ0) is 28.3. The molecule has 0 unspecified atom stereocenters. The van der Waals surface area contributed by atoms with E-state index in [1.807, 2.05) is 39.8 Å². The molecular formula is C29H25FN8O2. The Balaban J connectivity index is 1.34. The molecular weight excluding hydrogens is 511 g/mol. The van der Waals surface area contributed by atoms with Crippen LogP contribution in [0.5, 0.6) is 0 Å². The molecule has 1 aromatic carbocycles. The van der Waals surface area contributed by atoms with Crippen LogP contribution in [-0.4, -0.2) is 46.4 Å². The van der Waals surface area contributed by atoms with Gasteiger partial charge in [0, 0.05) is 23.3 Å². The van der Waals surface area contributed by atoms with Crippen molar-refractivity contribution in [1.29, 1.82) is 0 Å². The molecule has 5 aromatic rings. The van der Waals surface area contributed by atoms with Gasteiger partial charge in [0.15, 0.2) is 5.82 Å². The number of nitrogens with zero attached hydrogens (tertiary/aromatic N) is 7. The SMILES string of the molecule is Cc1nn(C(=O)OC(C)(C)C)c2ccc(C#Cc3ccnc(-c4ccnc(NCc5ccc(F)cn5)n4)n3)cc12. The fourth-order valence-corrected chi connectivity index (χ4v) is 3.73. The third kappa shape index (κ3) is 6.24. The molecule has 0 spiro atoms. The molecule has 1 N–H and O–H groups in total. The fraction of sp³-hybridized carbons (Fsp3) is 0.207. The second-order valence-electron chi connectivity index (χ2n) is 9.81. The number of fused-ring (bicyclic) bond motifs is 1. The van der Waals surface area contributed by atoms with Crippen molar-refractivity contribution in [3.8, 4) is 23.4 Å². The highest BCUT2D eigenvalue weighted by Gasteiger charge is 2.21. The van der Waals surface area contributed by atoms with Crippen molar-refractivity contribution in [2.75, 3.05) is 5.32 Å². The number of benzene rings is 1. The van der Waals surface area contributed by atoms with Gasteiger partial charge in [0.1, 0.15) is 22.8 Å². The lowest BCUT2D eigenvalue weighted by Crippen LogP contribution is -2.27. The molecule has 0 aliphatic rings. The number of aryl methyl sites for hydroxylation is 1. The maximum Gasteiger partial charge on any atom is 0.435 e. The average molecular weight is 537 g/mol. The molecule has 0 aliphatic heterocycles. The van der Waals surface area contributed by atoms with Crippen LogP contribution in [0.2, 0.25) is 0 Å². The van der Waals surface area contributed by atoms with Gasteiger partial charge in [-0.15, -0.1) is 0 Å². The minimum Gasteiger partial charge on any atom is -0.442 e. The van der Waals surface area contributed by atoms with Crippen LogP contribution in [0.15, 0.2) is 61.1 Å². The van der Waals surface area contributed by atoms with Gasteiger partial charge in [0.05, 0.1) is 29.6 Å². The number of halogens is 1. The summed E-state index contributed by atoms with van der Waals surface area (Å²) >= 11 is 0. The highest BCUT2D eigenvalue weighted by Crippen LogP contribution is 2.21. The van der Waals surface area contributed by atoms with E-state index in [1.165, 1.54) is 10.7 Å². The summed E-state index contributed by atoms with van der Waals surface area (Å²) in [5.41, 5.74) is 3.12. The summed E-state index contributed by atoms with van der Waals surface area (Å²) in [4.78, 5) is 34.1. The minimum atomic E-state index is -0.629. The van der Waals surface area contributed by atoms with E-state index in [0.29, 0.717) is 46.6 Å². The molecule has 11 heteroatoms. The van der Waals surface area contributed by atoms with Gasteiger partial charge in [-0.2, -0.15) is 9.78 Å². The first-order valence-corrected chi connectivity index (χ1v) is 12.4. The van der Waals surface area contributed by atoms with E-state index in [2.05, 4.69) is 47.2 Å². The Morgan fingerprint density at radius 1 is 1.02 bits per heavy atom. The molecule has 0 saturated carbocycles. The Labute approximate surface area is 229 Å². The van der Waals surface area contributed by atoms with E-state index < -0.39 is 17.5 Å². The van der Waals surface area contributed by atoms with Crippen LogP contribution in [0.3, 0.4) is 0 Å². The maximum absolute atomic E-state index is 13.1. The van der Waals surface area contributed by atoms with E-state index in [0.717, 1.165) is 17.1 Å². The topological polar surface area (TPSA) is 121 Å². The lowest BCUT2D eigenvalue weighted by Gasteiger charge is -2.19. The lowest BCUT2D eigenvalue weighted by molar-refractivity contribution is 0.0522. The van der Waals surface area contributed by atoms with Gasteiger partial charge in [-0.3, -0.25) is 4.98 Å². The monoisotopic (exact) mass is 536 g/mol. The molecule has 200 valence electrons. The number of aromatic nitrogens is 7. The van der Waals surface area contributed by atoms with Crippen molar-refractivity contribution in [3.05, 3.63) is 89.5 Å². The van der Waals surface area contributed by atoms with Gasteiger partial charge in [0.2, 0.25) is 5.95 Å². The Hall–Kier alpha value is -5.24. The number of rotatable bonds is 4. The molecule has 0 atom stereocenters. The average Bonchev–Trinajstić information content (AvgIpc) is 3.27. The fourth-order valence-electron chi connectivity index (χ4n) is 3.73. The standard InChI is InChI=1S/C29H25FN8O2/c1-18-23-15-19(6-10-25(23)38(37-18)28(39)40-29(2,3)4)5-8-21-11-13-31-26(35-21)24-12-14-32-27(36-24)34-17-22-9-7-20(30)16-33-22/h6-7,9-16H,17H2,1-4H3,(H,32,34,36). The summed E-state index contributed by atoms with van der Waals surface area (Å²) < 4.78 is 19.8. The van der Waals surface area contributed by atoms with E-state index in [1.54, 1.807) is 36.7 Å². The molecule has 0 bridgehead atoms. The van der Waals surface area contributed by atoms with Crippen molar-refractivity contribution in [1.82, 2.24) is 34.7 Å². The van der Waals surface area contributed by atoms with E-state index in [4.69, 9.17) is 4.74 Å². The summed E-state index contributed by atoms with van der Waals surface area (Å²) in [6.07, 6.45) is 3.83. The third-order valence-electron chi connectivity index (χ3n) is 5.52. The zero-order valence-electron chi connectivity index (χ0n) is 22.3. The van der Waals surface area contributed by atoms with Crippen LogP contribution in [0.1, 0.15) is 43.4 Å². The Bertz CT molecular complexity index is 1770. The minimum absolute atomic E-state index is 0.330.